The fraction of sp³-hybridized carbons (Fsp3) is 0.385. The Morgan fingerprint density at radius 3 is 2.39 bits per heavy atom. The van der Waals surface area contributed by atoms with Crippen LogP contribution in [0.25, 0.3) is 0 Å². The number of hydrogen-bond donors (Lipinski definition) is 0. The van der Waals surface area contributed by atoms with Gasteiger partial charge >= 0.3 is 5.97 Å². The van der Waals surface area contributed by atoms with E-state index < -0.39 is 5.97 Å². The van der Waals surface area contributed by atoms with E-state index in [0.29, 0.717) is 17.1 Å². The highest BCUT2D eigenvalue weighted by Gasteiger charge is 2.13. The van der Waals surface area contributed by atoms with Gasteiger partial charge in [-0.1, -0.05) is 13.8 Å². The van der Waals surface area contributed by atoms with E-state index in [1.54, 1.807) is 12.1 Å². The van der Waals surface area contributed by atoms with E-state index in [-0.39, 0.29) is 5.92 Å². The summed E-state index contributed by atoms with van der Waals surface area (Å²) in [5.74, 6) is 0.583. The normalized spacial score (nSPS) is 10.3. The SMILES string of the molecule is COc1ccc(C(=O)OO[CH]C(C)C)cc1OC. The number of rotatable bonds is 6. The van der Waals surface area contributed by atoms with Gasteiger partial charge in [-0.15, -0.1) is 0 Å². The molecule has 0 fully saturated rings. The van der Waals surface area contributed by atoms with Gasteiger partial charge in [-0.3, -0.25) is 4.89 Å². The van der Waals surface area contributed by atoms with Gasteiger partial charge in [0.1, 0.15) is 6.61 Å². The van der Waals surface area contributed by atoms with Crippen molar-refractivity contribution >= 4 is 5.97 Å². The zero-order valence-electron chi connectivity index (χ0n) is 10.9. The molecule has 0 unspecified atom stereocenters. The summed E-state index contributed by atoms with van der Waals surface area (Å²) in [6.07, 6.45) is 0. The van der Waals surface area contributed by atoms with Gasteiger partial charge in [-0.05, 0) is 24.1 Å². The molecule has 99 valence electrons. The lowest BCUT2D eigenvalue weighted by Gasteiger charge is -2.09. The molecule has 1 aromatic rings. The molecule has 0 aliphatic carbocycles. The summed E-state index contributed by atoms with van der Waals surface area (Å²) in [5.41, 5.74) is 0.324. The maximum absolute atomic E-state index is 11.6. The summed E-state index contributed by atoms with van der Waals surface area (Å²) in [6.45, 7) is 5.24. The molecular weight excluding hydrogens is 236 g/mol. The van der Waals surface area contributed by atoms with E-state index in [1.807, 2.05) is 13.8 Å². The average Bonchev–Trinajstić information content (AvgIpc) is 2.37. The lowest BCUT2D eigenvalue weighted by molar-refractivity contribution is -0.217. The summed E-state index contributed by atoms with van der Waals surface area (Å²) in [4.78, 5) is 20.9. The monoisotopic (exact) mass is 253 g/mol. The fourth-order valence-electron chi connectivity index (χ4n) is 1.19. The van der Waals surface area contributed by atoms with Crippen LogP contribution in [0.1, 0.15) is 24.2 Å². The Balaban J connectivity index is 2.68. The highest BCUT2D eigenvalue weighted by Crippen LogP contribution is 2.27. The second-order valence-electron chi connectivity index (χ2n) is 3.92. The van der Waals surface area contributed by atoms with Gasteiger partial charge in [0.05, 0.1) is 19.8 Å². The van der Waals surface area contributed by atoms with Gasteiger partial charge in [0, 0.05) is 0 Å². The number of ether oxygens (including phenoxy) is 2. The van der Waals surface area contributed by atoms with Crippen LogP contribution in [0.3, 0.4) is 0 Å². The van der Waals surface area contributed by atoms with Gasteiger partial charge in [0.25, 0.3) is 0 Å². The first-order valence-corrected chi connectivity index (χ1v) is 5.51. The van der Waals surface area contributed by atoms with Crippen molar-refractivity contribution in [2.75, 3.05) is 14.2 Å². The van der Waals surface area contributed by atoms with Crippen molar-refractivity contribution in [1.82, 2.24) is 0 Å². The van der Waals surface area contributed by atoms with Gasteiger partial charge in [-0.25, -0.2) is 4.79 Å². The molecule has 5 nitrogen and oxygen atoms in total. The first kappa shape index (κ1) is 14.3. The number of carbonyl (C=O) groups is 1. The molecule has 18 heavy (non-hydrogen) atoms. The van der Waals surface area contributed by atoms with Crippen LogP contribution in [0.15, 0.2) is 18.2 Å². The largest absolute Gasteiger partial charge is 0.493 e. The second kappa shape index (κ2) is 6.86. The van der Waals surface area contributed by atoms with Crippen molar-refractivity contribution in [3.05, 3.63) is 30.4 Å². The Morgan fingerprint density at radius 1 is 1.17 bits per heavy atom. The molecule has 1 radical (unpaired) electrons. The van der Waals surface area contributed by atoms with E-state index in [1.165, 1.54) is 26.9 Å². The summed E-state index contributed by atoms with van der Waals surface area (Å²) >= 11 is 0. The third kappa shape index (κ3) is 3.92. The number of benzene rings is 1. The quantitative estimate of drug-likeness (QED) is 0.576. The van der Waals surface area contributed by atoms with Crippen molar-refractivity contribution in [2.24, 2.45) is 5.92 Å². The third-order valence-electron chi connectivity index (χ3n) is 2.07. The third-order valence-corrected chi connectivity index (χ3v) is 2.07. The number of carbonyl (C=O) groups excluding carboxylic acids is 1. The van der Waals surface area contributed by atoms with E-state index in [4.69, 9.17) is 14.4 Å². The second-order valence-corrected chi connectivity index (χ2v) is 3.92. The summed E-state index contributed by atoms with van der Waals surface area (Å²) in [6, 6.07) is 4.73. The van der Waals surface area contributed by atoms with Crippen molar-refractivity contribution in [1.29, 1.82) is 0 Å². The molecule has 0 saturated carbocycles. The molecule has 0 aliphatic rings. The Kier molecular flexibility index (Phi) is 5.45. The van der Waals surface area contributed by atoms with E-state index >= 15 is 0 Å². The van der Waals surface area contributed by atoms with Crippen LogP contribution >= 0.6 is 0 Å². The van der Waals surface area contributed by atoms with Crippen LogP contribution in [0.5, 0.6) is 11.5 Å². The summed E-state index contributed by atoms with van der Waals surface area (Å²) < 4.78 is 10.2. The Bertz CT molecular complexity index is 400. The van der Waals surface area contributed by atoms with Crippen molar-refractivity contribution < 1.29 is 24.0 Å². The van der Waals surface area contributed by atoms with E-state index in [2.05, 4.69) is 4.89 Å². The van der Waals surface area contributed by atoms with Crippen LogP contribution in [-0.4, -0.2) is 20.2 Å². The first-order chi connectivity index (χ1) is 8.58. The maximum atomic E-state index is 11.6. The predicted octanol–water partition coefficient (Wildman–Crippen LogP) is 2.61. The molecule has 0 atom stereocenters. The van der Waals surface area contributed by atoms with Gasteiger partial charge in [0.15, 0.2) is 11.5 Å². The van der Waals surface area contributed by atoms with Crippen molar-refractivity contribution in [2.45, 2.75) is 13.8 Å². The van der Waals surface area contributed by atoms with Gasteiger partial charge in [-0.2, -0.15) is 4.89 Å². The smallest absolute Gasteiger partial charge is 0.373 e. The van der Waals surface area contributed by atoms with Crippen LogP contribution in [0, 0.1) is 12.5 Å². The van der Waals surface area contributed by atoms with E-state index in [9.17, 15) is 4.79 Å². The molecule has 1 aromatic carbocycles. The molecular formula is C13H17O5. The molecule has 5 heteroatoms. The predicted molar refractivity (Wildman–Crippen MR) is 65.2 cm³/mol. The molecule has 0 aliphatic heterocycles. The van der Waals surface area contributed by atoms with Crippen LogP contribution in [0.4, 0.5) is 0 Å². The molecule has 0 N–H and O–H groups in total. The standard InChI is InChI=1S/C13H17O5/c1-9(2)8-17-18-13(14)10-5-6-11(15-3)12(7-10)16-4/h5-9H,1-4H3. The lowest BCUT2D eigenvalue weighted by Crippen LogP contribution is -2.07. The van der Waals surface area contributed by atoms with Crippen molar-refractivity contribution in [3.63, 3.8) is 0 Å². The Morgan fingerprint density at radius 2 is 1.83 bits per heavy atom. The number of methoxy groups -OCH3 is 2. The highest BCUT2D eigenvalue weighted by molar-refractivity contribution is 5.89. The zero-order chi connectivity index (χ0) is 13.5. The van der Waals surface area contributed by atoms with Crippen LogP contribution in [0.2, 0.25) is 0 Å². The maximum Gasteiger partial charge on any atom is 0.373 e. The van der Waals surface area contributed by atoms with Crippen LogP contribution in [-0.2, 0) is 9.78 Å². The average molecular weight is 253 g/mol. The Labute approximate surface area is 107 Å². The first-order valence-electron chi connectivity index (χ1n) is 5.51. The van der Waals surface area contributed by atoms with Crippen molar-refractivity contribution in [3.8, 4) is 11.5 Å². The highest BCUT2D eigenvalue weighted by atomic mass is 17.2. The van der Waals surface area contributed by atoms with Gasteiger partial charge in [0.2, 0.25) is 0 Å². The lowest BCUT2D eigenvalue weighted by atomic mass is 10.2. The number of hydrogen-bond acceptors (Lipinski definition) is 5. The topological polar surface area (TPSA) is 54.0 Å². The summed E-state index contributed by atoms with van der Waals surface area (Å²) in [7, 11) is 3.02. The molecule has 0 amide bonds. The molecule has 0 bridgehead atoms. The van der Waals surface area contributed by atoms with Gasteiger partial charge < -0.3 is 9.47 Å². The molecule has 0 saturated heterocycles. The van der Waals surface area contributed by atoms with E-state index in [0.717, 1.165) is 0 Å². The van der Waals surface area contributed by atoms with Crippen LogP contribution < -0.4 is 9.47 Å². The zero-order valence-corrected chi connectivity index (χ0v) is 10.9. The Hall–Kier alpha value is -1.75. The minimum Gasteiger partial charge on any atom is -0.493 e. The fourth-order valence-corrected chi connectivity index (χ4v) is 1.19. The minimum atomic E-state index is -0.590. The minimum absolute atomic E-state index is 0.170. The molecule has 0 heterocycles. The summed E-state index contributed by atoms with van der Waals surface area (Å²) in [5, 5.41) is 0. The molecule has 0 spiro atoms. The molecule has 0 aromatic heterocycles. The molecule has 1 rings (SSSR count).